The third kappa shape index (κ3) is 5.68. The first kappa shape index (κ1) is 22.5. The molecular weight excluding hydrogens is 470 g/mol. The summed E-state index contributed by atoms with van der Waals surface area (Å²) in [5.41, 5.74) is 6.22. The lowest BCUT2D eigenvalue weighted by Gasteiger charge is -2.33. The first-order valence-electron chi connectivity index (χ1n) is 9.66. The van der Waals surface area contributed by atoms with Gasteiger partial charge in [-0.15, -0.1) is 0 Å². The number of carbonyl (C=O) groups excluding carboxylic acids is 2. The van der Waals surface area contributed by atoms with Crippen LogP contribution in [-0.2, 0) is 26.0 Å². The molecule has 3 N–H and O–H groups in total. The second-order valence-corrected chi connectivity index (χ2v) is 9.95. The van der Waals surface area contributed by atoms with Gasteiger partial charge in [-0.1, -0.05) is 46.3 Å². The second-order valence-electron chi connectivity index (χ2n) is 7.32. The molecule has 1 atom stereocenters. The Bertz CT molecular complexity index is 989. The van der Waals surface area contributed by atoms with Gasteiger partial charge in [0.2, 0.25) is 21.8 Å². The Morgan fingerprint density at radius 3 is 2.23 bits per heavy atom. The molecule has 1 aliphatic heterocycles. The van der Waals surface area contributed by atoms with Gasteiger partial charge < -0.3 is 10.6 Å². The van der Waals surface area contributed by atoms with E-state index in [0.29, 0.717) is 25.9 Å². The van der Waals surface area contributed by atoms with Gasteiger partial charge in [0.15, 0.2) is 0 Å². The zero-order valence-corrected chi connectivity index (χ0v) is 18.7. The molecular formula is C21H24BrN3O4S. The Hall–Kier alpha value is -2.23. The van der Waals surface area contributed by atoms with E-state index >= 15 is 0 Å². The maximum absolute atomic E-state index is 13.2. The highest BCUT2D eigenvalue weighted by Gasteiger charge is 2.32. The van der Waals surface area contributed by atoms with Crippen molar-refractivity contribution < 1.29 is 18.0 Å². The van der Waals surface area contributed by atoms with Gasteiger partial charge in [-0.3, -0.25) is 9.59 Å². The number of hydrogen-bond acceptors (Lipinski definition) is 4. The summed E-state index contributed by atoms with van der Waals surface area (Å²) in [4.78, 5) is 26.3. The predicted molar refractivity (Wildman–Crippen MR) is 117 cm³/mol. The van der Waals surface area contributed by atoms with E-state index in [4.69, 9.17) is 5.73 Å². The summed E-state index contributed by atoms with van der Waals surface area (Å²) in [5.74, 6) is -0.914. The summed E-state index contributed by atoms with van der Waals surface area (Å²) in [6, 6.07) is 14.5. The standard InChI is InChI=1S/C21H24BrN3O4S/c22-17-6-8-18(9-7-17)30(28,29)24-19(14-15-4-2-1-3-5-15)21(27)25-12-10-16(11-13-25)20(23)26/h1-9,16,19,24H,10-14H2,(H2,23,26)/t19-/m0/s1. The first-order chi connectivity index (χ1) is 14.3. The Morgan fingerprint density at radius 1 is 1.07 bits per heavy atom. The van der Waals surface area contributed by atoms with Crippen molar-refractivity contribution in [3.63, 3.8) is 0 Å². The maximum atomic E-state index is 13.2. The summed E-state index contributed by atoms with van der Waals surface area (Å²) in [5, 5.41) is 0. The predicted octanol–water partition coefficient (Wildman–Crippen LogP) is 2.06. The van der Waals surface area contributed by atoms with Crippen molar-refractivity contribution in [3.8, 4) is 0 Å². The van der Waals surface area contributed by atoms with Crippen molar-refractivity contribution in [2.75, 3.05) is 13.1 Å². The molecule has 7 nitrogen and oxygen atoms in total. The highest BCUT2D eigenvalue weighted by Crippen LogP contribution is 2.20. The fourth-order valence-electron chi connectivity index (χ4n) is 3.50. The van der Waals surface area contributed by atoms with Crippen LogP contribution < -0.4 is 10.5 Å². The number of carbonyl (C=O) groups is 2. The van der Waals surface area contributed by atoms with Crippen LogP contribution >= 0.6 is 15.9 Å². The molecule has 0 spiro atoms. The number of hydrogen-bond donors (Lipinski definition) is 2. The number of likely N-dealkylation sites (tertiary alicyclic amines) is 1. The van der Waals surface area contributed by atoms with Crippen LogP contribution in [0.3, 0.4) is 0 Å². The first-order valence-corrected chi connectivity index (χ1v) is 11.9. The number of rotatable bonds is 7. The van der Waals surface area contributed by atoms with Crippen LogP contribution in [0.5, 0.6) is 0 Å². The third-order valence-corrected chi connectivity index (χ3v) is 7.23. The minimum absolute atomic E-state index is 0.0870. The monoisotopic (exact) mass is 493 g/mol. The number of nitrogens with two attached hydrogens (primary N) is 1. The van der Waals surface area contributed by atoms with E-state index in [9.17, 15) is 18.0 Å². The molecule has 3 rings (SSSR count). The molecule has 1 heterocycles. The molecule has 0 saturated carbocycles. The average Bonchev–Trinajstić information content (AvgIpc) is 2.74. The Kier molecular flexibility index (Phi) is 7.27. The Labute approximate surface area is 184 Å². The average molecular weight is 494 g/mol. The van der Waals surface area contributed by atoms with Gasteiger partial charge in [-0.2, -0.15) is 4.72 Å². The van der Waals surface area contributed by atoms with Crippen LogP contribution in [0.4, 0.5) is 0 Å². The summed E-state index contributed by atoms with van der Waals surface area (Å²) < 4.78 is 29.2. The van der Waals surface area contributed by atoms with Crippen LogP contribution in [0, 0.1) is 5.92 Å². The normalized spacial score (nSPS) is 16.2. The summed E-state index contributed by atoms with van der Waals surface area (Å²) in [6.45, 7) is 0.746. The lowest BCUT2D eigenvalue weighted by atomic mass is 9.95. The van der Waals surface area contributed by atoms with Crippen molar-refractivity contribution in [1.82, 2.24) is 9.62 Å². The molecule has 30 heavy (non-hydrogen) atoms. The maximum Gasteiger partial charge on any atom is 0.241 e. The number of nitrogens with zero attached hydrogens (tertiary/aromatic N) is 1. The number of amides is 2. The van der Waals surface area contributed by atoms with E-state index in [-0.39, 0.29) is 29.0 Å². The van der Waals surface area contributed by atoms with Crippen molar-refractivity contribution in [3.05, 3.63) is 64.6 Å². The fraction of sp³-hybridized carbons (Fsp3) is 0.333. The minimum atomic E-state index is -3.90. The third-order valence-electron chi connectivity index (χ3n) is 5.21. The van der Waals surface area contributed by atoms with Crippen LogP contribution in [0.2, 0.25) is 0 Å². The molecule has 0 aromatic heterocycles. The molecule has 2 aromatic carbocycles. The van der Waals surface area contributed by atoms with Crippen LogP contribution in [0.15, 0.2) is 64.0 Å². The van der Waals surface area contributed by atoms with Crippen molar-refractivity contribution >= 4 is 37.8 Å². The van der Waals surface area contributed by atoms with Gasteiger partial charge in [0.1, 0.15) is 6.04 Å². The van der Waals surface area contributed by atoms with Gasteiger partial charge in [0, 0.05) is 23.5 Å². The van der Waals surface area contributed by atoms with Gasteiger partial charge >= 0.3 is 0 Å². The van der Waals surface area contributed by atoms with E-state index in [0.717, 1.165) is 10.0 Å². The molecule has 0 aliphatic carbocycles. The van der Waals surface area contributed by atoms with Crippen molar-refractivity contribution in [2.45, 2.75) is 30.2 Å². The molecule has 1 aliphatic rings. The van der Waals surface area contributed by atoms with Gasteiger partial charge in [0.25, 0.3) is 0 Å². The number of nitrogens with one attached hydrogen (secondary N) is 1. The largest absolute Gasteiger partial charge is 0.369 e. The SMILES string of the molecule is NC(=O)C1CCN(C(=O)[C@H](Cc2ccccc2)NS(=O)(=O)c2ccc(Br)cc2)CC1. The van der Waals surface area contributed by atoms with Crippen molar-refractivity contribution in [2.24, 2.45) is 11.7 Å². The molecule has 1 fully saturated rings. The zero-order chi connectivity index (χ0) is 21.7. The number of benzene rings is 2. The van der Waals surface area contributed by atoms with Crippen LogP contribution in [-0.4, -0.2) is 44.3 Å². The number of halogens is 1. The van der Waals surface area contributed by atoms with Gasteiger partial charge in [-0.05, 0) is 49.1 Å². The molecule has 0 radical (unpaired) electrons. The van der Waals surface area contributed by atoms with Crippen LogP contribution in [0.1, 0.15) is 18.4 Å². The van der Waals surface area contributed by atoms with E-state index in [1.807, 2.05) is 30.3 Å². The molecule has 0 unspecified atom stereocenters. The lowest BCUT2D eigenvalue weighted by Crippen LogP contribution is -2.52. The number of primary amides is 1. The summed E-state index contributed by atoms with van der Waals surface area (Å²) >= 11 is 3.29. The minimum Gasteiger partial charge on any atom is -0.369 e. The van der Waals surface area contributed by atoms with E-state index < -0.39 is 16.1 Å². The van der Waals surface area contributed by atoms with Gasteiger partial charge in [0.05, 0.1) is 4.90 Å². The molecule has 1 saturated heterocycles. The highest BCUT2D eigenvalue weighted by molar-refractivity contribution is 9.10. The van der Waals surface area contributed by atoms with E-state index in [1.165, 1.54) is 12.1 Å². The second kappa shape index (κ2) is 9.72. The molecule has 2 amide bonds. The Balaban J connectivity index is 1.80. The topological polar surface area (TPSA) is 110 Å². The van der Waals surface area contributed by atoms with Crippen LogP contribution in [0.25, 0.3) is 0 Å². The van der Waals surface area contributed by atoms with Gasteiger partial charge in [-0.25, -0.2) is 8.42 Å². The summed E-state index contributed by atoms with van der Waals surface area (Å²) in [7, 11) is -3.90. The molecule has 0 bridgehead atoms. The number of piperidine rings is 1. The lowest BCUT2D eigenvalue weighted by molar-refractivity contribution is -0.136. The molecule has 160 valence electrons. The quantitative estimate of drug-likeness (QED) is 0.614. The zero-order valence-electron chi connectivity index (χ0n) is 16.3. The summed E-state index contributed by atoms with van der Waals surface area (Å²) in [6.07, 6.45) is 1.20. The molecule has 9 heteroatoms. The molecule has 2 aromatic rings. The number of sulfonamides is 1. The highest BCUT2D eigenvalue weighted by atomic mass is 79.9. The van der Waals surface area contributed by atoms with Crippen molar-refractivity contribution in [1.29, 1.82) is 0 Å². The smallest absolute Gasteiger partial charge is 0.241 e. The Morgan fingerprint density at radius 2 is 1.67 bits per heavy atom. The van der Waals surface area contributed by atoms with E-state index in [1.54, 1.807) is 17.0 Å². The van der Waals surface area contributed by atoms with E-state index in [2.05, 4.69) is 20.7 Å². The fourth-order valence-corrected chi connectivity index (χ4v) is 4.96.